The Morgan fingerprint density at radius 2 is 1.50 bits per heavy atom. The minimum absolute atomic E-state index is 0.838. The quantitative estimate of drug-likeness (QED) is 0.292. The van der Waals surface area contributed by atoms with Crippen molar-refractivity contribution in [3.8, 4) is 0 Å². The van der Waals surface area contributed by atoms with Crippen molar-refractivity contribution in [3.05, 3.63) is 90.9 Å². The van der Waals surface area contributed by atoms with Crippen LogP contribution >= 0.6 is 0 Å². The zero-order valence-electron chi connectivity index (χ0n) is 19.9. The van der Waals surface area contributed by atoms with Gasteiger partial charge >= 0.3 is 0 Å². The van der Waals surface area contributed by atoms with E-state index in [1.165, 1.54) is 6.33 Å². The highest BCUT2D eigenvalue weighted by Gasteiger charge is 2.00. The number of hydrogen-bond acceptors (Lipinski definition) is 9. The van der Waals surface area contributed by atoms with E-state index in [-0.39, 0.29) is 0 Å². The number of aromatic nitrogens is 4. The average Bonchev–Trinajstić information content (AvgIpc) is 2.96. The molecule has 4 N–H and O–H groups in total. The first-order chi connectivity index (χ1) is 16.9. The lowest BCUT2D eigenvalue weighted by atomic mass is 10.2. The van der Waals surface area contributed by atoms with E-state index < -0.39 is 0 Å². The molecule has 0 bridgehead atoms. The van der Waals surface area contributed by atoms with Gasteiger partial charge in [0.15, 0.2) is 0 Å². The van der Waals surface area contributed by atoms with Crippen LogP contribution in [-0.4, -0.2) is 26.2 Å². The summed E-state index contributed by atoms with van der Waals surface area (Å²) >= 11 is 0. The van der Waals surface area contributed by atoms with Gasteiger partial charge in [-0.1, -0.05) is 45.9 Å². The lowest BCUT2D eigenvalue weighted by Crippen LogP contribution is -2.19. The molecule has 4 aromatic rings. The number of fused-ring (bicyclic) bond motifs is 3. The highest BCUT2D eigenvalue weighted by molar-refractivity contribution is 5.88. The third-order valence-electron chi connectivity index (χ3n) is 4.10. The zero-order valence-corrected chi connectivity index (χ0v) is 19.9. The lowest BCUT2D eigenvalue weighted by Gasteiger charge is -2.12. The van der Waals surface area contributed by atoms with E-state index in [4.69, 9.17) is 0 Å². The maximum Gasteiger partial charge on any atom is 0.116 e. The summed E-state index contributed by atoms with van der Waals surface area (Å²) in [5.41, 5.74) is 17.5. The molecule has 6 rings (SSSR count). The summed E-state index contributed by atoms with van der Waals surface area (Å²) in [5, 5.41) is 3.83. The molecule has 1 aromatic carbocycles. The molecule has 3 aromatic heterocycles. The number of rotatable bonds is 0. The smallest absolute Gasteiger partial charge is 0.116 e. The summed E-state index contributed by atoms with van der Waals surface area (Å²) in [6, 6.07) is 13.6. The Labute approximate surface area is 200 Å². The van der Waals surface area contributed by atoms with E-state index >= 15 is 0 Å². The largest absolute Gasteiger partial charge is 0.308 e. The van der Waals surface area contributed by atoms with Crippen molar-refractivity contribution in [1.82, 2.24) is 30.9 Å². The minimum Gasteiger partial charge on any atom is -0.308 e. The Bertz CT molecular complexity index is 1050. The first-order valence-electron chi connectivity index (χ1n) is 11.2. The van der Waals surface area contributed by atoms with Crippen molar-refractivity contribution in [2.45, 2.75) is 27.7 Å². The van der Waals surface area contributed by atoms with E-state index in [1.807, 2.05) is 88.6 Å². The van der Waals surface area contributed by atoms with Crippen molar-refractivity contribution in [2.24, 2.45) is 5.10 Å². The topological polar surface area (TPSA) is 112 Å². The van der Waals surface area contributed by atoms with Crippen LogP contribution in [0.5, 0.6) is 0 Å². The molecule has 0 saturated carbocycles. The van der Waals surface area contributed by atoms with Gasteiger partial charge in [0.2, 0.25) is 0 Å². The first kappa shape index (κ1) is 25.7. The molecule has 5 heterocycles. The van der Waals surface area contributed by atoms with Crippen molar-refractivity contribution in [1.29, 1.82) is 0 Å². The van der Waals surface area contributed by atoms with Crippen molar-refractivity contribution in [3.63, 3.8) is 0 Å². The van der Waals surface area contributed by atoms with Crippen LogP contribution in [0.15, 0.2) is 84.9 Å². The number of nitrogens with zero attached hydrogens (tertiary/aromatic N) is 5. The third-order valence-corrected chi connectivity index (χ3v) is 4.10. The lowest BCUT2D eigenvalue weighted by molar-refractivity contribution is 0.872. The molecule has 0 amide bonds. The number of nitrogens with one attached hydrogen (secondary N) is 4. The van der Waals surface area contributed by atoms with Crippen LogP contribution in [-0.2, 0) is 0 Å². The molecule has 0 fully saturated rings. The number of benzene rings is 1. The van der Waals surface area contributed by atoms with E-state index in [0.29, 0.717) is 0 Å². The van der Waals surface area contributed by atoms with Crippen LogP contribution < -0.4 is 21.8 Å². The molecule has 0 unspecified atom stereocenters. The predicted molar refractivity (Wildman–Crippen MR) is 141 cm³/mol. The second-order valence-corrected chi connectivity index (χ2v) is 6.08. The van der Waals surface area contributed by atoms with Crippen molar-refractivity contribution < 1.29 is 0 Å². The SMILES string of the molecule is C1=Cc2cnccc2NN1.C1=NNNc2ccccc21.CC.CC.c1cnc2cncnc2c1. The molecule has 0 spiro atoms. The Morgan fingerprint density at radius 3 is 2.29 bits per heavy atom. The van der Waals surface area contributed by atoms with Crippen LogP contribution in [0.25, 0.3) is 17.1 Å². The predicted octanol–water partition coefficient (Wildman–Crippen LogP) is 5.01. The summed E-state index contributed by atoms with van der Waals surface area (Å²) < 4.78 is 0. The molecule has 2 aliphatic rings. The molecule has 0 atom stereocenters. The van der Waals surface area contributed by atoms with E-state index in [2.05, 4.69) is 46.8 Å². The van der Waals surface area contributed by atoms with Gasteiger partial charge in [-0.15, -0.1) is 0 Å². The molecular weight excluding hydrogens is 426 g/mol. The van der Waals surface area contributed by atoms with E-state index in [1.54, 1.807) is 24.8 Å². The first-order valence-corrected chi connectivity index (χ1v) is 11.2. The summed E-state index contributed by atoms with van der Waals surface area (Å²) in [7, 11) is 0. The van der Waals surface area contributed by atoms with Crippen LogP contribution in [0.2, 0.25) is 0 Å². The molecule has 9 heteroatoms. The van der Waals surface area contributed by atoms with E-state index in [0.717, 1.165) is 33.5 Å². The highest BCUT2D eigenvalue weighted by Crippen LogP contribution is 2.16. The normalized spacial score (nSPS) is 11.1. The summed E-state index contributed by atoms with van der Waals surface area (Å²) in [6.45, 7) is 8.00. The van der Waals surface area contributed by atoms with Gasteiger partial charge in [-0.2, -0.15) is 5.10 Å². The van der Waals surface area contributed by atoms with Gasteiger partial charge in [-0.25, -0.2) is 15.5 Å². The second-order valence-electron chi connectivity index (χ2n) is 6.08. The van der Waals surface area contributed by atoms with Gasteiger partial charge < -0.3 is 10.9 Å². The summed E-state index contributed by atoms with van der Waals surface area (Å²) in [4.78, 5) is 15.9. The number of hydrogen-bond donors (Lipinski definition) is 4. The Balaban J connectivity index is 0.000000168. The number of para-hydroxylation sites is 1. The second kappa shape index (κ2) is 15.3. The molecule has 34 heavy (non-hydrogen) atoms. The van der Waals surface area contributed by atoms with Crippen LogP contribution in [0.1, 0.15) is 38.8 Å². The molecule has 2 aliphatic heterocycles. The number of hydrazone groups is 1. The zero-order chi connectivity index (χ0) is 24.4. The van der Waals surface area contributed by atoms with Crippen molar-refractivity contribution >= 4 is 34.7 Å². The van der Waals surface area contributed by atoms with E-state index in [9.17, 15) is 0 Å². The number of pyridine rings is 2. The number of anilines is 2. The van der Waals surface area contributed by atoms with Gasteiger partial charge in [-0.3, -0.25) is 15.4 Å². The molecule has 0 saturated heterocycles. The summed E-state index contributed by atoms with van der Waals surface area (Å²) in [5.74, 6) is 0. The molecule has 0 aliphatic carbocycles. The molecule has 0 radical (unpaired) electrons. The van der Waals surface area contributed by atoms with Gasteiger partial charge in [0.05, 0.1) is 29.3 Å². The fourth-order valence-corrected chi connectivity index (χ4v) is 2.64. The summed E-state index contributed by atoms with van der Waals surface area (Å²) in [6.07, 6.45) is 14.1. The van der Waals surface area contributed by atoms with Gasteiger partial charge in [0.1, 0.15) is 11.8 Å². The maximum atomic E-state index is 4.06. The Morgan fingerprint density at radius 1 is 0.676 bits per heavy atom. The molecule has 9 nitrogen and oxygen atoms in total. The van der Waals surface area contributed by atoms with Crippen molar-refractivity contribution in [2.75, 3.05) is 10.9 Å². The highest BCUT2D eigenvalue weighted by atomic mass is 15.6. The monoisotopic (exact) mass is 457 g/mol. The fourth-order valence-electron chi connectivity index (χ4n) is 2.64. The van der Waals surface area contributed by atoms with Gasteiger partial charge in [0, 0.05) is 35.9 Å². The van der Waals surface area contributed by atoms with Crippen LogP contribution in [0, 0.1) is 0 Å². The molecule has 176 valence electrons. The molecular formula is C25H31N9. The Hall–Kier alpha value is -4.53. The third kappa shape index (κ3) is 7.86. The minimum atomic E-state index is 0.838. The fraction of sp³-hybridized carbons (Fsp3) is 0.160. The average molecular weight is 458 g/mol. The van der Waals surface area contributed by atoms with Gasteiger partial charge in [0.25, 0.3) is 0 Å². The maximum absolute atomic E-state index is 4.06. The standard InChI is InChI=1S/C7H7N3.C7H5N3.C7H7N3.2C2H6/c1-4-9-10-7-2-3-8-5-6(1)7;1-2-6-7(9-3-1)4-8-5-10-6;1-2-4-7-6(3-1)5-8-10-9-7;2*1-2/h1-5,9-10H;1-5H;1-5,9-10H;2*1-2H3. The van der Waals surface area contributed by atoms with Crippen LogP contribution in [0.4, 0.5) is 11.4 Å². The van der Waals surface area contributed by atoms with Gasteiger partial charge in [-0.05, 0) is 30.3 Å². The number of hydrazine groups is 2. The Kier molecular flexibility index (Phi) is 11.6. The van der Waals surface area contributed by atoms with Crippen LogP contribution in [0.3, 0.4) is 0 Å².